The molecule has 20 heavy (non-hydrogen) atoms. The largest absolute Gasteiger partial charge is 0.374 e. The Morgan fingerprint density at radius 3 is 3.00 bits per heavy atom. The van der Waals surface area contributed by atoms with Gasteiger partial charge in [0, 0.05) is 17.5 Å². The molecule has 4 rings (SSSR count). The third-order valence-electron chi connectivity index (χ3n) is 4.96. The molecule has 0 aromatic carbocycles. The Morgan fingerprint density at radius 2 is 2.10 bits per heavy atom. The standard InChI is InChI=1S/C15H23N3OS/c16-10-4-3-5-11-14(10)20-15(17-11)18-8-9-19-13-7-2-1-6-12(13)18/h10,12-13H,1-9,16H2. The number of thiazole rings is 1. The van der Waals surface area contributed by atoms with Gasteiger partial charge >= 0.3 is 0 Å². The van der Waals surface area contributed by atoms with Gasteiger partial charge < -0.3 is 15.4 Å². The van der Waals surface area contributed by atoms with Gasteiger partial charge in [-0.15, -0.1) is 0 Å². The van der Waals surface area contributed by atoms with Gasteiger partial charge in [0.2, 0.25) is 0 Å². The number of nitrogens with zero attached hydrogens (tertiary/aromatic N) is 2. The van der Waals surface area contributed by atoms with Crippen LogP contribution in [0.15, 0.2) is 0 Å². The van der Waals surface area contributed by atoms with Crippen molar-refractivity contribution in [1.82, 2.24) is 4.98 Å². The van der Waals surface area contributed by atoms with Gasteiger partial charge in [0.05, 0.1) is 24.4 Å². The van der Waals surface area contributed by atoms with Gasteiger partial charge in [-0.1, -0.05) is 24.2 Å². The van der Waals surface area contributed by atoms with Crippen LogP contribution in [-0.2, 0) is 11.2 Å². The summed E-state index contributed by atoms with van der Waals surface area (Å²) in [5, 5.41) is 1.20. The van der Waals surface area contributed by atoms with Gasteiger partial charge in [-0.3, -0.25) is 0 Å². The maximum Gasteiger partial charge on any atom is 0.186 e. The summed E-state index contributed by atoms with van der Waals surface area (Å²) in [6, 6.07) is 0.759. The number of hydrogen-bond donors (Lipinski definition) is 1. The lowest BCUT2D eigenvalue weighted by Crippen LogP contribution is -2.52. The maximum atomic E-state index is 6.25. The fraction of sp³-hybridized carbons (Fsp3) is 0.800. The van der Waals surface area contributed by atoms with E-state index in [-0.39, 0.29) is 6.04 Å². The van der Waals surface area contributed by atoms with E-state index in [1.54, 1.807) is 0 Å². The van der Waals surface area contributed by atoms with Gasteiger partial charge in [-0.25, -0.2) is 4.98 Å². The van der Waals surface area contributed by atoms with E-state index < -0.39 is 0 Å². The van der Waals surface area contributed by atoms with Crippen LogP contribution in [0.2, 0.25) is 0 Å². The average Bonchev–Trinajstić information content (AvgIpc) is 2.92. The van der Waals surface area contributed by atoms with Gasteiger partial charge in [0.15, 0.2) is 5.13 Å². The van der Waals surface area contributed by atoms with Crippen LogP contribution in [0.3, 0.4) is 0 Å². The molecular formula is C15H23N3OS. The quantitative estimate of drug-likeness (QED) is 0.865. The summed E-state index contributed by atoms with van der Waals surface area (Å²) < 4.78 is 5.97. The van der Waals surface area contributed by atoms with E-state index in [0.717, 1.165) is 26.0 Å². The van der Waals surface area contributed by atoms with Gasteiger partial charge in [-0.05, 0) is 32.1 Å². The first-order valence-electron chi connectivity index (χ1n) is 7.96. The van der Waals surface area contributed by atoms with Crippen LogP contribution in [0.1, 0.15) is 55.1 Å². The minimum Gasteiger partial charge on any atom is -0.374 e. The Hall–Kier alpha value is -0.650. The van der Waals surface area contributed by atoms with Crippen LogP contribution in [0.4, 0.5) is 5.13 Å². The van der Waals surface area contributed by atoms with Gasteiger partial charge in [0.25, 0.3) is 0 Å². The summed E-state index contributed by atoms with van der Waals surface area (Å²) in [5.41, 5.74) is 7.51. The summed E-state index contributed by atoms with van der Waals surface area (Å²) in [6.45, 7) is 1.83. The first-order valence-corrected chi connectivity index (χ1v) is 8.78. The second-order valence-electron chi connectivity index (χ2n) is 6.26. The zero-order valence-corrected chi connectivity index (χ0v) is 12.7. The fourth-order valence-corrected chi connectivity index (χ4v) is 5.13. The van der Waals surface area contributed by atoms with E-state index in [2.05, 4.69) is 4.90 Å². The molecule has 3 unspecified atom stereocenters. The molecule has 0 radical (unpaired) electrons. The lowest BCUT2D eigenvalue weighted by molar-refractivity contribution is -0.00869. The number of rotatable bonds is 1. The monoisotopic (exact) mass is 293 g/mol. The molecule has 1 saturated heterocycles. The Balaban J connectivity index is 1.63. The van der Waals surface area contributed by atoms with Crippen molar-refractivity contribution >= 4 is 16.5 Å². The van der Waals surface area contributed by atoms with Crippen molar-refractivity contribution in [2.45, 2.75) is 63.1 Å². The van der Waals surface area contributed by atoms with Crippen LogP contribution >= 0.6 is 11.3 Å². The zero-order valence-electron chi connectivity index (χ0n) is 11.9. The van der Waals surface area contributed by atoms with Gasteiger partial charge in [0.1, 0.15) is 0 Å². The van der Waals surface area contributed by atoms with E-state index in [1.165, 1.54) is 47.8 Å². The van der Waals surface area contributed by atoms with Crippen molar-refractivity contribution in [1.29, 1.82) is 0 Å². The Labute approximate surface area is 124 Å². The minimum atomic E-state index is 0.216. The number of hydrogen-bond acceptors (Lipinski definition) is 5. The lowest BCUT2D eigenvalue weighted by Gasteiger charge is -2.43. The molecule has 0 amide bonds. The highest BCUT2D eigenvalue weighted by Crippen LogP contribution is 2.39. The second kappa shape index (κ2) is 5.28. The second-order valence-corrected chi connectivity index (χ2v) is 7.27. The van der Waals surface area contributed by atoms with Crippen molar-refractivity contribution in [3.05, 3.63) is 10.6 Å². The normalized spacial score (nSPS) is 33.6. The molecule has 110 valence electrons. The van der Waals surface area contributed by atoms with E-state index in [1.807, 2.05) is 11.3 Å². The molecule has 2 N–H and O–H groups in total. The number of aromatic nitrogens is 1. The van der Waals surface area contributed by atoms with Crippen molar-refractivity contribution in [3.63, 3.8) is 0 Å². The van der Waals surface area contributed by atoms with Gasteiger partial charge in [-0.2, -0.15) is 0 Å². The smallest absolute Gasteiger partial charge is 0.186 e. The third kappa shape index (κ3) is 2.16. The van der Waals surface area contributed by atoms with Crippen LogP contribution in [0.25, 0.3) is 0 Å². The molecule has 5 heteroatoms. The molecule has 1 aromatic rings. The number of ether oxygens (including phenoxy) is 1. The molecular weight excluding hydrogens is 270 g/mol. The van der Waals surface area contributed by atoms with Crippen LogP contribution in [0.5, 0.6) is 0 Å². The topological polar surface area (TPSA) is 51.4 Å². The molecule has 1 saturated carbocycles. The number of morpholine rings is 1. The third-order valence-corrected chi connectivity index (χ3v) is 6.23. The highest BCUT2D eigenvalue weighted by atomic mass is 32.1. The van der Waals surface area contributed by atoms with E-state index >= 15 is 0 Å². The van der Waals surface area contributed by atoms with Crippen molar-refractivity contribution in [2.75, 3.05) is 18.1 Å². The number of aryl methyl sites for hydroxylation is 1. The Bertz CT molecular complexity index is 487. The lowest BCUT2D eigenvalue weighted by atomic mass is 9.90. The van der Waals surface area contributed by atoms with Crippen molar-refractivity contribution < 1.29 is 4.74 Å². The highest BCUT2D eigenvalue weighted by molar-refractivity contribution is 7.15. The number of nitrogens with two attached hydrogens (primary N) is 1. The van der Waals surface area contributed by atoms with E-state index in [9.17, 15) is 0 Å². The first-order chi connectivity index (χ1) is 9.83. The Kier molecular flexibility index (Phi) is 3.44. The summed E-state index contributed by atoms with van der Waals surface area (Å²) in [4.78, 5) is 8.78. The van der Waals surface area contributed by atoms with Crippen molar-refractivity contribution in [3.8, 4) is 0 Å². The zero-order chi connectivity index (χ0) is 13.5. The molecule has 2 heterocycles. The summed E-state index contributed by atoms with van der Waals surface area (Å²) >= 11 is 1.84. The molecule has 2 fully saturated rings. The first kappa shape index (κ1) is 13.0. The van der Waals surface area contributed by atoms with E-state index in [0.29, 0.717) is 12.1 Å². The summed E-state index contributed by atoms with van der Waals surface area (Å²) in [7, 11) is 0. The Morgan fingerprint density at radius 1 is 1.20 bits per heavy atom. The summed E-state index contributed by atoms with van der Waals surface area (Å²) in [6.07, 6.45) is 8.94. The molecule has 1 aromatic heterocycles. The van der Waals surface area contributed by atoms with Crippen LogP contribution < -0.4 is 10.6 Å². The van der Waals surface area contributed by atoms with Crippen molar-refractivity contribution in [2.24, 2.45) is 5.73 Å². The molecule has 2 aliphatic carbocycles. The molecule has 4 nitrogen and oxygen atoms in total. The molecule has 0 spiro atoms. The highest BCUT2D eigenvalue weighted by Gasteiger charge is 2.36. The summed E-state index contributed by atoms with van der Waals surface area (Å²) in [5.74, 6) is 0. The molecule has 1 aliphatic heterocycles. The minimum absolute atomic E-state index is 0.216. The number of anilines is 1. The maximum absolute atomic E-state index is 6.25. The molecule has 3 atom stereocenters. The average molecular weight is 293 g/mol. The predicted octanol–water partition coefficient (Wildman–Crippen LogP) is 2.63. The molecule has 0 bridgehead atoms. The predicted molar refractivity (Wildman–Crippen MR) is 81.3 cm³/mol. The van der Waals surface area contributed by atoms with Crippen LogP contribution in [-0.4, -0.2) is 30.3 Å². The molecule has 3 aliphatic rings. The van der Waals surface area contributed by atoms with E-state index in [4.69, 9.17) is 15.5 Å². The van der Waals surface area contributed by atoms with Crippen LogP contribution in [0, 0.1) is 0 Å². The fourth-order valence-electron chi connectivity index (χ4n) is 3.90. The SMILES string of the molecule is NC1CCCc2nc(N3CCOC4CCCCC43)sc21. The number of fused-ring (bicyclic) bond motifs is 2.